The first kappa shape index (κ1) is 32.6. The first-order valence-corrected chi connectivity index (χ1v) is 12.9. The zero-order valence-electron chi connectivity index (χ0n) is 23.5. The van der Waals surface area contributed by atoms with E-state index in [9.17, 15) is 29.3 Å². The fraction of sp³-hybridized carbons (Fsp3) is 0.600. The Hall–Kier alpha value is -3.65. The highest BCUT2D eigenvalue weighted by atomic mass is 16.7. The Morgan fingerprint density at radius 1 is 1.20 bits per heavy atom. The first-order valence-electron chi connectivity index (χ1n) is 12.9. The smallest absolute Gasteiger partial charge is 0.408 e. The van der Waals surface area contributed by atoms with E-state index in [1.807, 2.05) is 0 Å². The fourth-order valence-electron chi connectivity index (χ4n) is 4.26. The van der Waals surface area contributed by atoms with Gasteiger partial charge in [-0.3, -0.25) is 14.4 Å². The van der Waals surface area contributed by atoms with Crippen molar-refractivity contribution < 1.29 is 28.9 Å². The van der Waals surface area contributed by atoms with Crippen LogP contribution in [0.4, 0.5) is 4.79 Å². The number of carbonyl (C=O) groups is 4. The molecule has 1 saturated heterocycles. The maximum Gasteiger partial charge on any atom is 0.408 e. The van der Waals surface area contributed by atoms with Gasteiger partial charge in [0, 0.05) is 13.1 Å². The maximum atomic E-state index is 13.7. The lowest BCUT2D eigenvalue weighted by molar-refractivity contribution is -0.525. The second-order valence-electron chi connectivity index (χ2n) is 10.9. The third-order valence-electron chi connectivity index (χ3n) is 6.35. The molecule has 15 heteroatoms. The largest absolute Gasteiger partial charge is 0.444 e. The molecule has 4 amide bonds. The number of carbonyl (C=O) groups excluding carboxylic acids is 4. The van der Waals surface area contributed by atoms with Crippen molar-refractivity contribution in [2.75, 3.05) is 19.6 Å². The molecule has 0 aromatic rings. The van der Waals surface area contributed by atoms with E-state index in [4.69, 9.17) is 10.5 Å². The minimum atomic E-state index is -1.43. The average molecular weight is 564 g/mol. The Morgan fingerprint density at radius 2 is 1.85 bits per heavy atom. The molecule has 221 valence electrons. The van der Waals surface area contributed by atoms with E-state index in [1.54, 1.807) is 65.7 Å². The van der Waals surface area contributed by atoms with Crippen LogP contribution >= 0.6 is 0 Å². The van der Waals surface area contributed by atoms with Crippen molar-refractivity contribution in [3.63, 3.8) is 0 Å². The number of likely N-dealkylation sites (tertiary alicyclic amines) is 1. The van der Waals surface area contributed by atoms with Gasteiger partial charge in [0.25, 0.3) is 5.96 Å². The third kappa shape index (κ3) is 9.52. The van der Waals surface area contributed by atoms with Crippen molar-refractivity contribution in [1.82, 2.24) is 26.3 Å². The summed E-state index contributed by atoms with van der Waals surface area (Å²) in [6, 6.07) is 0.542. The zero-order valence-corrected chi connectivity index (χ0v) is 23.5. The van der Waals surface area contributed by atoms with Gasteiger partial charge in [-0.15, -0.1) is 0 Å². The Balaban J connectivity index is 2.12. The molecule has 0 aromatic carbocycles. The van der Waals surface area contributed by atoms with Crippen LogP contribution in [0.1, 0.15) is 60.3 Å². The Bertz CT molecular complexity index is 992. The second-order valence-corrected chi connectivity index (χ2v) is 10.9. The normalized spacial score (nSPS) is 21.3. The van der Waals surface area contributed by atoms with Crippen LogP contribution < -0.4 is 27.1 Å². The second kappa shape index (κ2) is 13.6. The van der Waals surface area contributed by atoms with Gasteiger partial charge >= 0.3 is 6.09 Å². The lowest BCUT2D eigenvalue weighted by Gasteiger charge is -2.38. The molecule has 1 aliphatic heterocycles. The van der Waals surface area contributed by atoms with Gasteiger partial charge in [-0.25, -0.2) is 19.9 Å². The van der Waals surface area contributed by atoms with E-state index in [0.29, 0.717) is 25.4 Å². The van der Waals surface area contributed by atoms with Crippen LogP contribution in [-0.4, -0.2) is 76.0 Å². The van der Waals surface area contributed by atoms with Crippen molar-refractivity contribution in [2.24, 2.45) is 10.7 Å². The van der Waals surface area contributed by atoms with E-state index < -0.39 is 45.5 Å². The predicted molar refractivity (Wildman–Crippen MR) is 145 cm³/mol. The standard InChI is InChI=1S/C25H39N8O7/c1-23(2,3)40-22(37)28-16-18(34)32-15-9-13-25(32,5)20(36)30-24(4,19(35)29-17-10-6-7-11-17)12-8-14-27-21(26)31-33(38)39/h6-7,10-11H,8-9,12-16H2,1-5H3,(H,28,37)(H,29,35)(H,30,36)(H3,26,27,31)/t24-,25+/m1/s1. The highest BCUT2D eigenvalue weighted by Gasteiger charge is 2.48. The van der Waals surface area contributed by atoms with E-state index in [-0.39, 0.29) is 31.9 Å². The fourth-order valence-corrected chi connectivity index (χ4v) is 4.26. The molecule has 0 bridgehead atoms. The number of nitrogens with one attached hydrogen (secondary N) is 4. The van der Waals surface area contributed by atoms with Gasteiger partial charge in [0.1, 0.15) is 23.2 Å². The summed E-state index contributed by atoms with van der Waals surface area (Å²) < 4.78 is 5.17. The van der Waals surface area contributed by atoms with Crippen LogP contribution in [0.15, 0.2) is 4.99 Å². The van der Waals surface area contributed by atoms with Gasteiger partial charge in [0.2, 0.25) is 17.7 Å². The number of nitrogens with zero attached hydrogens (tertiary/aromatic N) is 3. The molecule has 0 aromatic heterocycles. The van der Waals surface area contributed by atoms with E-state index in [0.717, 1.165) is 0 Å². The van der Waals surface area contributed by atoms with Crippen LogP contribution in [0.25, 0.3) is 0 Å². The lowest BCUT2D eigenvalue weighted by Crippen LogP contribution is -2.64. The van der Waals surface area contributed by atoms with Crippen LogP contribution in [0.5, 0.6) is 0 Å². The van der Waals surface area contributed by atoms with Gasteiger partial charge in [-0.1, -0.05) is 5.43 Å². The van der Waals surface area contributed by atoms with Crippen LogP contribution in [0.3, 0.4) is 0 Å². The minimum Gasteiger partial charge on any atom is -0.444 e. The summed E-state index contributed by atoms with van der Waals surface area (Å²) in [4.78, 5) is 67.8. The van der Waals surface area contributed by atoms with E-state index >= 15 is 0 Å². The Kier molecular flexibility index (Phi) is 11.1. The monoisotopic (exact) mass is 563 g/mol. The zero-order chi connectivity index (χ0) is 30.1. The Labute approximate surface area is 234 Å². The number of alkyl carbamates (subject to hydrolysis) is 1. The molecule has 1 heterocycles. The molecule has 40 heavy (non-hydrogen) atoms. The summed E-state index contributed by atoms with van der Waals surface area (Å²) in [6.07, 6.45) is 7.42. The number of ether oxygens (including phenoxy) is 1. The number of guanidine groups is 1. The molecular formula is C25H39N8O7. The predicted octanol–water partition coefficient (Wildman–Crippen LogP) is 0.122. The van der Waals surface area contributed by atoms with Crippen molar-refractivity contribution >= 4 is 29.8 Å². The summed E-state index contributed by atoms with van der Waals surface area (Å²) in [5.41, 5.74) is 3.76. The molecule has 2 rings (SSSR count). The van der Waals surface area contributed by atoms with Crippen LogP contribution in [0.2, 0.25) is 0 Å². The van der Waals surface area contributed by atoms with Crippen molar-refractivity contribution in [3.05, 3.63) is 41.8 Å². The van der Waals surface area contributed by atoms with E-state index in [2.05, 4.69) is 20.9 Å². The highest BCUT2D eigenvalue weighted by Crippen LogP contribution is 2.31. The number of nitrogens with two attached hydrogens (primary N) is 1. The summed E-state index contributed by atoms with van der Waals surface area (Å²) in [5, 5.41) is 17.7. The van der Waals surface area contributed by atoms with Crippen LogP contribution in [0, 0.1) is 41.8 Å². The maximum absolute atomic E-state index is 13.7. The first-order chi connectivity index (χ1) is 18.6. The molecule has 0 unspecified atom stereocenters. The number of hydrazine groups is 1. The van der Waals surface area contributed by atoms with Crippen molar-refractivity contribution in [3.8, 4) is 0 Å². The molecule has 6 N–H and O–H groups in total. The van der Waals surface area contributed by atoms with Gasteiger partial charge in [0.05, 0.1) is 6.04 Å². The number of aliphatic imine (C=N–C) groups is 1. The minimum absolute atomic E-state index is 0.0556. The molecule has 2 aliphatic rings. The highest BCUT2D eigenvalue weighted by molar-refractivity contribution is 5.97. The lowest BCUT2D eigenvalue weighted by atomic mass is 9.90. The van der Waals surface area contributed by atoms with Crippen molar-refractivity contribution in [1.29, 1.82) is 0 Å². The van der Waals surface area contributed by atoms with Gasteiger partial charge in [-0.05, 0) is 86.0 Å². The van der Waals surface area contributed by atoms with Crippen LogP contribution in [-0.2, 0) is 19.1 Å². The number of hydrogen-bond acceptors (Lipinski definition) is 8. The number of rotatable bonds is 11. The molecule has 15 nitrogen and oxygen atoms in total. The number of amides is 4. The van der Waals surface area contributed by atoms with Gasteiger partial charge in [-0.2, -0.15) is 0 Å². The van der Waals surface area contributed by atoms with Crippen molar-refractivity contribution in [2.45, 2.75) is 77.0 Å². The third-order valence-corrected chi connectivity index (χ3v) is 6.35. The van der Waals surface area contributed by atoms with E-state index in [1.165, 1.54) is 4.90 Å². The molecule has 0 spiro atoms. The molecule has 1 saturated carbocycles. The SMILES string of the molecule is CC(C)(C)OC(=O)NCC(=O)N1CCC[C@@]1(C)C(=O)N[C@](C)(CCCN=C(N)N[N+](=O)[O-])C(=O)N[C]1[CH][CH][CH][CH]1. The molecule has 2 atom stereocenters. The summed E-state index contributed by atoms with van der Waals surface area (Å²) >= 11 is 0. The Morgan fingerprint density at radius 3 is 2.45 bits per heavy atom. The quantitative estimate of drug-likeness (QED) is 0.0758. The summed E-state index contributed by atoms with van der Waals surface area (Å²) in [6.45, 7) is 8.27. The summed E-state index contributed by atoms with van der Waals surface area (Å²) in [5.74, 6) is -1.87. The molecule has 5 radical (unpaired) electrons. The molecular weight excluding hydrogens is 524 g/mol. The molecule has 1 aliphatic carbocycles. The molecule has 2 fully saturated rings. The summed E-state index contributed by atoms with van der Waals surface area (Å²) in [7, 11) is 0. The topological polar surface area (TPSA) is 210 Å². The van der Waals surface area contributed by atoms with Gasteiger partial charge in [0.15, 0.2) is 5.03 Å². The number of nitro groups is 1. The number of hydrogen-bond donors (Lipinski definition) is 5. The average Bonchev–Trinajstić information content (AvgIpc) is 3.49. The van der Waals surface area contributed by atoms with Gasteiger partial charge < -0.3 is 31.3 Å².